The number of nitrogens with zero attached hydrogens (tertiary/aromatic N) is 1. The molecule has 0 fully saturated rings. The average Bonchev–Trinajstić information content (AvgIpc) is 3.10. The standard InChI is InChI=1S/C17H11BrN2O2S/c1-9-19-13-6-5-10(7-16(13)23-9)20-17(21)15-8-11-12(18)3-2-4-14(11)22-15/h2-8H,1H3,(H,20,21). The number of benzene rings is 2. The molecule has 6 heteroatoms. The quantitative estimate of drug-likeness (QED) is 0.503. The van der Waals surface area contributed by atoms with E-state index in [0.29, 0.717) is 5.58 Å². The molecule has 0 saturated heterocycles. The van der Waals surface area contributed by atoms with E-state index in [1.807, 2.05) is 43.3 Å². The Morgan fingerprint density at radius 3 is 2.96 bits per heavy atom. The van der Waals surface area contributed by atoms with Gasteiger partial charge in [0.2, 0.25) is 0 Å². The molecule has 1 N–H and O–H groups in total. The van der Waals surface area contributed by atoms with E-state index in [1.165, 1.54) is 0 Å². The van der Waals surface area contributed by atoms with Crippen molar-refractivity contribution in [1.82, 2.24) is 4.98 Å². The first-order chi connectivity index (χ1) is 11.1. The number of aryl methyl sites for hydroxylation is 1. The van der Waals surface area contributed by atoms with E-state index < -0.39 is 0 Å². The normalized spacial score (nSPS) is 11.2. The van der Waals surface area contributed by atoms with Gasteiger partial charge in [-0.05, 0) is 43.3 Å². The first-order valence-corrected chi connectivity index (χ1v) is 8.58. The van der Waals surface area contributed by atoms with E-state index >= 15 is 0 Å². The number of amides is 1. The third-order valence-corrected chi connectivity index (χ3v) is 5.11. The van der Waals surface area contributed by atoms with Gasteiger partial charge in [-0.25, -0.2) is 4.98 Å². The molecule has 1 amide bonds. The lowest BCUT2D eigenvalue weighted by molar-refractivity contribution is 0.0998. The van der Waals surface area contributed by atoms with Gasteiger partial charge in [0, 0.05) is 15.5 Å². The number of nitrogens with one attached hydrogen (secondary N) is 1. The van der Waals surface area contributed by atoms with Crippen LogP contribution < -0.4 is 5.32 Å². The van der Waals surface area contributed by atoms with E-state index in [1.54, 1.807) is 17.4 Å². The fourth-order valence-corrected chi connectivity index (χ4v) is 3.78. The minimum Gasteiger partial charge on any atom is -0.451 e. The van der Waals surface area contributed by atoms with E-state index in [2.05, 4.69) is 26.2 Å². The number of halogens is 1. The van der Waals surface area contributed by atoms with E-state index in [0.717, 1.165) is 30.8 Å². The molecule has 0 radical (unpaired) electrons. The van der Waals surface area contributed by atoms with Crippen LogP contribution in [0.3, 0.4) is 0 Å². The maximum atomic E-state index is 12.4. The van der Waals surface area contributed by atoms with Crippen molar-refractivity contribution in [2.75, 3.05) is 5.32 Å². The molecule has 0 aliphatic rings. The number of carbonyl (C=O) groups is 1. The van der Waals surface area contributed by atoms with Crippen LogP contribution in [0.5, 0.6) is 0 Å². The summed E-state index contributed by atoms with van der Waals surface area (Å²) < 4.78 is 7.57. The molecule has 0 spiro atoms. The third kappa shape index (κ3) is 2.64. The third-order valence-electron chi connectivity index (χ3n) is 3.49. The van der Waals surface area contributed by atoms with Crippen LogP contribution in [0, 0.1) is 6.92 Å². The van der Waals surface area contributed by atoms with Gasteiger partial charge < -0.3 is 9.73 Å². The van der Waals surface area contributed by atoms with Gasteiger partial charge in [-0.1, -0.05) is 22.0 Å². The Morgan fingerprint density at radius 2 is 2.13 bits per heavy atom. The Hall–Kier alpha value is -2.18. The summed E-state index contributed by atoms with van der Waals surface area (Å²) in [7, 11) is 0. The van der Waals surface area contributed by atoms with Crippen LogP contribution >= 0.6 is 27.3 Å². The molecule has 4 aromatic rings. The molecule has 114 valence electrons. The van der Waals surface area contributed by atoms with Crippen molar-refractivity contribution >= 4 is 60.0 Å². The van der Waals surface area contributed by atoms with Crippen LogP contribution in [0.25, 0.3) is 21.2 Å². The molecule has 0 atom stereocenters. The van der Waals surface area contributed by atoms with Crippen molar-refractivity contribution in [3.05, 3.63) is 57.7 Å². The lowest BCUT2D eigenvalue weighted by Gasteiger charge is -2.02. The van der Waals surface area contributed by atoms with Gasteiger partial charge in [-0.3, -0.25) is 4.79 Å². The highest BCUT2D eigenvalue weighted by molar-refractivity contribution is 9.10. The predicted octanol–water partition coefficient (Wildman–Crippen LogP) is 5.37. The average molecular weight is 387 g/mol. The number of fused-ring (bicyclic) bond motifs is 2. The monoisotopic (exact) mass is 386 g/mol. The van der Waals surface area contributed by atoms with Gasteiger partial charge in [0.25, 0.3) is 5.91 Å². The molecule has 2 heterocycles. The zero-order chi connectivity index (χ0) is 16.0. The van der Waals surface area contributed by atoms with Gasteiger partial charge >= 0.3 is 0 Å². The smallest absolute Gasteiger partial charge is 0.291 e. The summed E-state index contributed by atoms with van der Waals surface area (Å²) in [6, 6.07) is 13.0. The number of carbonyl (C=O) groups excluding carboxylic acids is 1. The van der Waals surface area contributed by atoms with Crippen molar-refractivity contribution in [3.8, 4) is 0 Å². The summed E-state index contributed by atoms with van der Waals surface area (Å²) in [6.07, 6.45) is 0. The van der Waals surface area contributed by atoms with Crippen LogP contribution in [0.4, 0.5) is 5.69 Å². The summed E-state index contributed by atoms with van der Waals surface area (Å²) in [5.41, 5.74) is 2.35. The molecule has 0 saturated carbocycles. The van der Waals surface area contributed by atoms with Crippen LogP contribution in [-0.2, 0) is 0 Å². The van der Waals surface area contributed by atoms with Crippen molar-refractivity contribution in [2.24, 2.45) is 0 Å². The molecule has 0 unspecified atom stereocenters. The summed E-state index contributed by atoms with van der Waals surface area (Å²) in [5.74, 6) is 0.0150. The van der Waals surface area contributed by atoms with E-state index in [-0.39, 0.29) is 11.7 Å². The Kier molecular flexibility index (Phi) is 3.43. The van der Waals surface area contributed by atoms with Crippen LogP contribution in [-0.4, -0.2) is 10.9 Å². The summed E-state index contributed by atoms with van der Waals surface area (Å²) in [6.45, 7) is 1.97. The fourth-order valence-electron chi connectivity index (χ4n) is 2.45. The molecule has 4 rings (SSSR count). The second-order valence-electron chi connectivity index (χ2n) is 5.13. The molecular weight excluding hydrogens is 376 g/mol. The first kappa shape index (κ1) is 14.4. The summed E-state index contributed by atoms with van der Waals surface area (Å²) in [4.78, 5) is 16.8. The van der Waals surface area contributed by atoms with Crippen molar-refractivity contribution in [1.29, 1.82) is 0 Å². The molecule has 23 heavy (non-hydrogen) atoms. The number of thiazole rings is 1. The van der Waals surface area contributed by atoms with Crippen LogP contribution in [0.2, 0.25) is 0 Å². The number of aromatic nitrogens is 1. The molecule has 0 aliphatic carbocycles. The highest BCUT2D eigenvalue weighted by Crippen LogP contribution is 2.28. The molecule has 4 nitrogen and oxygen atoms in total. The minimum absolute atomic E-state index is 0.270. The number of hydrogen-bond donors (Lipinski definition) is 1. The Labute approximate surface area is 144 Å². The maximum absolute atomic E-state index is 12.4. The van der Waals surface area contributed by atoms with Crippen LogP contribution in [0.1, 0.15) is 15.6 Å². The highest BCUT2D eigenvalue weighted by Gasteiger charge is 2.14. The second-order valence-corrected chi connectivity index (χ2v) is 7.22. The zero-order valence-corrected chi connectivity index (χ0v) is 14.5. The van der Waals surface area contributed by atoms with Crippen molar-refractivity contribution in [3.63, 3.8) is 0 Å². The van der Waals surface area contributed by atoms with Gasteiger partial charge in [0.15, 0.2) is 5.76 Å². The lowest BCUT2D eigenvalue weighted by Crippen LogP contribution is -2.10. The SMILES string of the molecule is Cc1nc2ccc(NC(=O)c3cc4c(Br)cccc4o3)cc2s1. The molecular formula is C17H11BrN2O2S. The largest absolute Gasteiger partial charge is 0.451 e. The highest BCUT2D eigenvalue weighted by atomic mass is 79.9. The molecule has 2 aromatic carbocycles. The zero-order valence-electron chi connectivity index (χ0n) is 12.1. The molecule has 2 aromatic heterocycles. The minimum atomic E-state index is -0.270. The maximum Gasteiger partial charge on any atom is 0.291 e. The van der Waals surface area contributed by atoms with Crippen molar-refractivity contribution in [2.45, 2.75) is 6.92 Å². The van der Waals surface area contributed by atoms with Crippen LogP contribution in [0.15, 0.2) is 51.4 Å². The van der Waals surface area contributed by atoms with Gasteiger partial charge in [-0.2, -0.15) is 0 Å². The fraction of sp³-hybridized carbons (Fsp3) is 0.0588. The van der Waals surface area contributed by atoms with Gasteiger partial charge in [0.05, 0.1) is 15.2 Å². The number of anilines is 1. The number of rotatable bonds is 2. The number of furan rings is 1. The molecule has 0 aliphatic heterocycles. The first-order valence-electron chi connectivity index (χ1n) is 6.97. The predicted molar refractivity (Wildman–Crippen MR) is 96.2 cm³/mol. The van der Waals surface area contributed by atoms with E-state index in [4.69, 9.17) is 4.42 Å². The van der Waals surface area contributed by atoms with Gasteiger partial charge in [-0.15, -0.1) is 11.3 Å². The van der Waals surface area contributed by atoms with Crippen molar-refractivity contribution < 1.29 is 9.21 Å². The van der Waals surface area contributed by atoms with Gasteiger partial charge in [0.1, 0.15) is 5.58 Å². The molecule has 0 bridgehead atoms. The van der Waals surface area contributed by atoms with E-state index in [9.17, 15) is 4.79 Å². The Balaban J connectivity index is 1.65. The Bertz CT molecular complexity index is 1050. The topological polar surface area (TPSA) is 55.1 Å². The number of hydrogen-bond acceptors (Lipinski definition) is 4. The Morgan fingerprint density at radius 1 is 1.26 bits per heavy atom. The summed E-state index contributed by atoms with van der Waals surface area (Å²) in [5, 5.41) is 4.76. The second kappa shape index (κ2) is 5.47. The lowest BCUT2D eigenvalue weighted by atomic mass is 10.2. The summed E-state index contributed by atoms with van der Waals surface area (Å²) >= 11 is 5.06.